The van der Waals surface area contributed by atoms with Crippen molar-refractivity contribution >= 4 is 17.5 Å². The van der Waals surface area contributed by atoms with Crippen molar-refractivity contribution in [3.8, 4) is 5.75 Å². The van der Waals surface area contributed by atoms with Gasteiger partial charge in [-0.05, 0) is 69.0 Å². The molecule has 0 aromatic heterocycles. The molecule has 0 aliphatic heterocycles. The van der Waals surface area contributed by atoms with E-state index in [4.69, 9.17) is 4.74 Å². The third-order valence-corrected chi connectivity index (χ3v) is 4.66. The molecule has 2 atom stereocenters. The Morgan fingerprint density at radius 1 is 1.07 bits per heavy atom. The van der Waals surface area contributed by atoms with Gasteiger partial charge in [-0.1, -0.05) is 24.3 Å². The third kappa shape index (κ3) is 5.33. The largest absolute Gasteiger partial charge is 0.481 e. The fourth-order valence-electron chi connectivity index (χ4n) is 2.81. The fourth-order valence-corrected chi connectivity index (χ4v) is 2.81. The second-order valence-electron chi connectivity index (χ2n) is 7.19. The van der Waals surface area contributed by atoms with Gasteiger partial charge in [0.15, 0.2) is 6.10 Å². The monoisotopic (exact) mass is 366 g/mol. The molecular weight excluding hydrogens is 340 g/mol. The van der Waals surface area contributed by atoms with Gasteiger partial charge in [-0.25, -0.2) is 0 Å². The molecular formula is C22H26N2O3. The molecule has 0 bridgehead atoms. The minimum Gasteiger partial charge on any atom is -0.481 e. The maximum absolute atomic E-state index is 12.4. The second kappa shape index (κ2) is 8.25. The van der Waals surface area contributed by atoms with E-state index in [1.165, 1.54) is 0 Å². The van der Waals surface area contributed by atoms with Crippen LogP contribution in [0.15, 0.2) is 48.5 Å². The van der Waals surface area contributed by atoms with Crippen molar-refractivity contribution in [3.63, 3.8) is 0 Å². The van der Waals surface area contributed by atoms with Gasteiger partial charge in [-0.3, -0.25) is 9.59 Å². The fraction of sp³-hybridized carbons (Fsp3) is 0.364. The van der Waals surface area contributed by atoms with Crippen molar-refractivity contribution < 1.29 is 14.3 Å². The minimum atomic E-state index is -0.591. The summed E-state index contributed by atoms with van der Waals surface area (Å²) in [5, 5.41) is 5.88. The van der Waals surface area contributed by atoms with E-state index in [2.05, 4.69) is 10.6 Å². The average molecular weight is 366 g/mol. The summed E-state index contributed by atoms with van der Waals surface area (Å²) in [6, 6.07) is 15.0. The molecule has 1 fully saturated rings. The molecule has 2 amide bonds. The standard InChI is InChI=1S/C22H26N2O3/c1-14-5-4-6-20(13-14)27-16(3)21(25)23-15(2)17-9-11-19(12-10-17)24-22(26)18-7-8-18/h4-6,9-13,15-16,18H,7-8H2,1-3H3,(H,23,25)(H,24,26). The smallest absolute Gasteiger partial charge is 0.261 e. The summed E-state index contributed by atoms with van der Waals surface area (Å²) in [6.07, 6.45) is 1.37. The number of benzene rings is 2. The van der Waals surface area contributed by atoms with Crippen molar-refractivity contribution in [2.45, 2.75) is 45.8 Å². The van der Waals surface area contributed by atoms with Crippen LogP contribution in [0.4, 0.5) is 5.69 Å². The SMILES string of the molecule is Cc1cccc(OC(C)C(=O)NC(C)c2ccc(NC(=O)C3CC3)cc2)c1. The van der Waals surface area contributed by atoms with Gasteiger partial charge in [-0.2, -0.15) is 0 Å². The van der Waals surface area contributed by atoms with Crippen LogP contribution in [0.5, 0.6) is 5.75 Å². The van der Waals surface area contributed by atoms with Crippen molar-refractivity contribution in [2.75, 3.05) is 5.32 Å². The number of ether oxygens (including phenoxy) is 1. The highest BCUT2D eigenvalue weighted by molar-refractivity contribution is 5.94. The van der Waals surface area contributed by atoms with Gasteiger partial charge in [0, 0.05) is 11.6 Å². The predicted molar refractivity (Wildman–Crippen MR) is 106 cm³/mol. The highest BCUT2D eigenvalue weighted by atomic mass is 16.5. The van der Waals surface area contributed by atoms with Crippen molar-refractivity contribution in [1.29, 1.82) is 0 Å². The zero-order valence-electron chi connectivity index (χ0n) is 16.0. The summed E-state index contributed by atoms with van der Waals surface area (Å²) in [5.74, 6) is 0.778. The molecule has 1 saturated carbocycles. The minimum absolute atomic E-state index is 0.0891. The van der Waals surface area contributed by atoms with Crippen LogP contribution in [0.3, 0.4) is 0 Å². The van der Waals surface area contributed by atoms with Gasteiger partial charge in [0.1, 0.15) is 5.75 Å². The molecule has 2 N–H and O–H groups in total. The molecule has 5 nitrogen and oxygen atoms in total. The number of anilines is 1. The molecule has 2 aromatic carbocycles. The van der Waals surface area contributed by atoms with E-state index in [1.807, 2.05) is 62.4 Å². The Morgan fingerprint density at radius 3 is 2.41 bits per heavy atom. The molecule has 3 rings (SSSR count). The number of rotatable bonds is 7. The molecule has 27 heavy (non-hydrogen) atoms. The second-order valence-corrected chi connectivity index (χ2v) is 7.19. The molecule has 1 aliphatic rings. The van der Waals surface area contributed by atoms with Crippen LogP contribution in [-0.2, 0) is 9.59 Å². The molecule has 1 aliphatic carbocycles. The van der Waals surface area contributed by atoms with Gasteiger partial charge < -0.3 is 15.4 Å². The van der Waals surface area contributed by atoms with Gasteiger partial charge in [-0.15, -0.1) is 0 Å². The number of hydrogen-bond donors (Lipinski definition) is 2. The molecule has 2 unspecified atom stereocenters. The van der Waals surface area contributed by atoms with Gasteiger partial charge in [0.05, 0.1) is 6.04 Å². The van der Waals surface area contributed by atoms with E-state index in [1.54, 1.807) is 6.92 Å². The summed E-state index contributed by atoms with van der Waals surface area (Å²) in [7, 11) is 0. The average Bonchev–Trinajstić information content (AvgIpc) is 3.47. The Balaban J connectivity index is 1.53. The Kier molecular flexibility index (Phi) is 5.79. The van der Waals surface area contributed by atoms with Crippen LogP contribution in [0, 0.1) is 12.8 Å². The van der Waals surface area contributed by atoms with E-state index in [0.29, 0.717) is 5.75 Å². The number of carbonyl (C=O) groups excluding carboxylic acids is 2. The zero-order chi connectivity index (χ0) is 19.4. The summed E-state index contributed by atoms with van der Waals surface area (Å²) >= 11 is 0. The molecule has 0 saturated heterocycles. The lowest BCUT2D eigenvalue weighted by atomic mass is 10.1. The first-order chi connectivity index (χ1) is 12.9. The van der Waals surface area contributed by atoms with Crippen molar-refractivity contribution in [1.82, 2.24) is 5.32 Å². The molecule has 142 valence electrons. The van der Waals surface area contributed by atoms with Crippen LogP contribution in [-0.4, -0.2) is 17.9 Å². The van der Waals surface area contributed by atoms with Crippen LogP contribution in [0.1, 0.15) is 43.9 Å². The normalized spacial score (nSPS) is 15.5. The van der Waals surface area contributed by atoms with E-state index in [-0.39, 0.29) is 23.8 Å². The lowest BCUT2D eigenvalue weighted by Crippen LogP contribution is -2.37. The zero-order valence-corrected chi connectivity index (χ0v) is 16.0. The lowest BCUT2D eigenvalue weighted by Gasteiger charge is -2.19. The first-order valence-electron chi connectivity index (χ1n) is 9.37. The quantitative estimate of drug-likeness (QED) is 0.779. The van der Waals surface area contributed by atoms with Gasteiger partial charge in [0.25, 0.3) is 5.91 Å². The first kappa shape index (κ1) is 19.0. The third-order valence-electron chi connectivity index (χ3n) is 4.66. The summed E-state index contributed by atoms with van der Waals surface area (Å²) in [6.45, 7) is 5.65. The lowest BCUT2D eigenvalue weighted by molar-refractivity contribution is -0.128. The maximum Gasteiger partial charge on any atom is 0.261 e. The predicted octanol–water partition coefficient (Wildman–Crippen LogP) is 3.99. The van der Waals surface area contributed by atoms with Crippen molar-refractivity contribution in [2.24, 2.45) is 5.92 Å². The van der Waals surface area contributed by atoms with Gasteiger partial charge in [0.2, 0.25) is 5.91 Å². The number of nitrogens with one attached hydrogen (secondary N) is 2. The molecule has 0 heterocycles. The Morgan fingerprint density at radius 2 is 1.78 bits per heavy atom. The molecule has 0 spiro atoms. The summed E-state index contributed by atoms with van der Waals surface area (Å²) < 4.78 is 5.73. The Hall–Kier alpha value is -2.82. The Labute approximate surface area is 160 Å². The van der Waals surface area contributed by atoms with E-state index in [9.17, 15) is 9.59 Å². The highest BCUT2D eigenvalue weighted by Gasteiger charge is 2.29. The number of hydrogen-bond acceptors (Lipinski definition) is 3. The Bertz CT molecular complexity index is 813. The van der Waals surface area contributed by atoms with E-state index >= 15 is 0 Å². The molecule has 2 aromatic rings. The van der Waals surface area contributed by atoms with E-state index < -0.39 is 6.10 Å². The van der Waals surface area contributed by atoms with E-state index in [0.717, 1.165) is 29.7 Å². The van der Waals surface area contributed by atoms with Crippen LogP contribution < -0.4 is 15.4 Å². The van der Waals surface area contributed by atoms with Crippen molar-refractivity contribution in [3.05, 3.63) is 59.7 Å². The maximum atomic E-state index is 12.4. The number of amides is 2. The number of carbonyl (C=O) groups is 2. The molecule has 0 radical (unpaired) electrons. The first-order valence-corrected chi connectivity index (χ1v) is 9.37. The summed E-state index contributed by atoms with van der Waals surface area (Å²) in [5.41, 5.74) is 2.84. The van der Waals surface area contributed by atoms with Crippen LogP contribution in [0.25, 0.3) is 0 Å². The van der Waals surface area contributed by atoms with Gasteiger partial charge >= 0.3 is 0 Å². The molecule has 5 heteroatoms. The summed E-state index contributed by atoms with van der Waals surface area (Å²) in [4.78, 5) is 24.2. The topological polar surface area (TPSA) is 67.4 Å². The highest BCUT2D eigenvalue weighted by Crippen LogP contribution is 2.30. The van der Waals surface area contributed by atoms with Crippen LogP contribution >= 0.6 is 0 Å². The number of aryl methyl sites for hydroxylation is 1. The van der Waals surface area contributed by atoms with Crippen LogP contribution in [0.2, 0.25) is 0 Å².